The van der Waals surface area contributed by atoms with Crippen molar-refractivity contribution >= 4 is 5.97 Å². The van der Waals surface area contributed by atoms with Crippen molar-refractivity contribution in [1.82, 2.24) is 0 Å². The number of hydrogen-bond acceptors (Lipinski definition) is 2. The fourth-order valence-electron chi connectivity index (χ4n) is 2.80. The Morgan fingerprint density at radius 3 is 2.50 bits per heavy atom. The number of rotatable bonds is 1. The summed E-state index contributed by atoms with van der Waals surface area (Å²) in [5, 5.41) is 0. The van der Waals surface area contributed by atoms with Gasteiger partial charge in [0, 0.05) is 5.92 Å². The van der Waals surface area contributed by atoms with Gasteiger partial charge in [0.1, 0.15) is 11.9 Å². The molecule has 3 atom stereocenters. The molecular weight excluding hydrogens is 207 g/mol. The normalized spacial score (nSPS) is 32.6. The molecule has 1 saturated carbocycles. The first-order valence-electron chi connectivity index (χ1n) is 5.70. The van der Waals surface area contributed by atoms with Gasteiger partial charge in [-0.05, 0) is 37.0 Å². The highest BCUT2D eigenvalue weighted by atomic mass is 19.1. The maximum absolute atomic E-state index is 12.8. The third kappa shape index (κ3) is 1.51. The zero-order valence-electron chi connectivity index (χ0n) is 8.86. The highest BCUT2D eigenvalue weighted by molar-refractivity contribution is 5.74. The van der Waals surface area contributed by atoms with Gasteiger partial charge in [0.05, 0.1) is 5.92 Å². The summed E-state index contributed by atoms with van der Waals surface area (Å²) >= 11 is 0. The number of fused-ring (bicyclic) bond motifs is 3. The third-order valence-electron chi connectivity index (χ3n) is 3.69. The zero-order chi connectivity index (χ0) is 11.1. The average Bonchev–Trinajstić information content (AvgIpc) is 2.31. The van der Waals surface area contributed by atoms with Crippen LogP contribution in [0.15, 0.2) is 24.3 Å². The summed E-state index contributed by atoms with van der Waals surface area (Å²) in [6.07, 6.45) is 2.75. The lowest BCUT2D eigenvalue weighted by Gasteiger charge is -2.41. The van der Waals surface area contributed by atoms with E-state index in [9.17, 15) is 9.18 Å². The Labute approximate surface area is 93.4 Å². The molecule has 0 radical (unpaired) electrons. The van der Waals surface area contributed by atoms with Crippen molar-refractivity contribution in [3.63, 3.8) is 0 Å². The van der Waals surface area contributed by atoms with Crippen molar-refractivity contribution in [3.05, 3.63) is 35.6 Å². The number of carbonyl (C=O) groups is 1. The van der Waals surface area contributed by atoms with E-state index >= 15 is 0 Å². The van der Waals surface area contributed by atoms with Crippen LogP contribution < -0.4 is 0 Å². The first kappa shape index (κ1) is 9.82. The molecule has 0 N–H and O–H groups in total. The average molecular weight is 220 g/mol. The molecule has 3 heteroatoms. The molecule has 0 spiro atoms. The SMILES string of the molecule is O=C1O[C@H]2CC[C@@H]1C[C@@H]2c1ccc(F)cc1. The topological polar surface area (TPSA) is 26.3 Å². The number of benzene rings is 1. The lowest BCUT2D eigenvalue weighted by Crippen LogP contribution is -2.42. The van der Waals surface area contributed by atoms with Gasteiger partial charge in [-0.3, -0.25) is 4.79 Å². The second-order valence-electron chi connectivity index (χ2n) is 4.64. The Morgan fingerprint density at radius 1 is 1.19 bits per heavy atom. The molecule has 3 fully saturated rings. The summed E-state index contributed by atoms with van der Waals surface area (Å²) in [7, 11) is 0. The first-order chi connectivity index (χ1) is 7.74. The van der Waals surface area contributed by atoms with E-state index in [0.29, 0.717) is 0 Å². The molecule has 0 aromatic heterocycles. The van der Waals surface area contributed by atoms with E-state index < -0.39 is 0 Å². The predicted octanol–water partition coefficient (Wildman–Crippen LogP) is 2.63. The van der Waals surface area contributed by atoms with Crippen molar-refractivity contribution < 1.29 is 13.9 Å². The summed E-state index contributed by atoms with van der Waals surface area (Å²) in [5.74, 6) is 0.0495. The van der Waals surface area contributed by atoms with Gasteiger partial charge in [-0.15, -0.1) is 0 Å². The number of halogens is 1. The van der Waals surface area contributed by atoms with Crippen LogP contribution in [-0.4, -0.2) is 12.1 Å². The molecule has 1 aromatic rings. The van der Waals surface area contributed by atoms with Crippen LogP contribution in [0.3, 0.4) is 0 Å². The van der Waals surface area contributed by atoms with Crippen LogP contribution in [0.4, 0.5) is 4.39 Å². The molecule has 16 heavy (non-hydrogen) atoms. The first-order valence-corrected chi connectivity index (χ1v) is 5.70. The highest BCUT2D eigenvalue weighted by Gasteiger charge is 2.43. The Kier molecular flexibility index (Phi) is 2.20. The monoisotopic (exact) mass is 220 g/mol. The minimum Gasteiger partial charge on any atom is -0.462 e. The van der Waals surface area contributed by atoms with Crippen LogP contribution in [0.1, 0.15) is 30.7 Å². The summed E-state index contributed by atoms with van der Waals surface area (Å²) in [5.41, 5.74) is 1.09. The van der Waals surface area contributed by atoms with E-state index in [4.69, 9.17) is 4.74 Å². The number of hydrogen-bond donors (Lipinski definition) is 0. The van der Waals surface area contributed by atoms with E-state index in [1.54, 1.807) is 12.1 Å². The fraction of sp³-hybridized carbons (Fsp3) is 0.462. The summed E-state index contributed by atoms with van der Waals surface area (Å²) in [6, 6.07) is 6.54. The van der Waals surface area contributed by atoms with Gasteiger partial charge in [-0.1, -0.05) is 12.1 Å². The van der Waals surface area contributed by atoms with Crippen molar-refractivity contribution in [2.24, 2.45) is 5.92 Å². The Hall–Kier alpha value is -1.38. The van der Waals surface area contributed by atoms with Crippen LogP contribution in [-0.2, 0) is 9.53 Å². The zero-order valence-corrected chi connectivity index (χ0v) is 8.86. The van der Waals surface area contributed by atoms with Crippen molar-refractivity contribution in [3.8, 4) is 0 Å². The Balaban J connectivity index is 1.86. The molecule has 0 amide bonds. The molecule has 84 valence electrons. The molecule has 2 bridgehead atoms. The second-order valence-corrected chi connectivity index (χ2v) is 4.64. The van der Waals surface area contributed by atoms with E-state index in [1.165, 1.54) is 12.1 Å². The van der Waals surface area contributed by atoms with Gasteiger partial charge in [0.15, 0.2) is 0 Å². The molecule has 3 aliphatic rings. The Bertz CT molecular complexity index is 412. The highest BCUT2D eigenvalue weighted by Crippen LogP contribution is 2.43. The molecular formula is C13H13FO2. The molecule has 1 aliphatic carbocycles. The number of carbonyl (C=O) groups excluding carboxylic acids is 1. The fourth-order valence-corrected chi connectivity index (χ4v) is 2.80. The third-order valence-corrected chi connectivity index (χ3v) is 3.69. The van der Waals surface area contributed by atoms with Gasteiger partial charge >= 0.3 is 5.97 Å². The van der Waals surface area contributed by atoms with Gasteiger partial charge < -0.3 is 4.74 Å². The van der Waals surface area contributed by atoms with Crippen LogP contribution in [0.2, 0.25) is 0 Å². The van der Waals surface area contributed by atoms with Gasteiger partial charge in [-0.25, -0.2) is 4.39 Å². The van der Waals surface area contributed by atoms with Gasteiger partial charge in [0.25, 0.3) is 0 Å². The van der Waals surface area contributed by atoms with E-state index in [-0.39, 0.29) is 29.7 Å². The van der Waals surface area contributed by atoms with Gasteiger partial charge in [-0.2, -0.15) is 0 Å². The predicted molar refractivity (Wildman–Crippen MR) is 56.4 cm³/mol. The van der Waals surface area contributed by atoms with E-state index in [1.807, 2.05) is 0 Å². The second kappa shape index (κ2) is 3.58. The van der Waals surface area contributed by atoms with Crippen LogP contribution in [0.25, 0.3) is 0 Å². The smallest absolute Gasteiger partial charge is 0.309 e. The molecule has 4 rings (SSSR count). The summed E-state index contributed by atoms with van der Waals surface area (Å²) in [4.78, 5) is 11.4. The molecule has 2 saturated heterocycles. The van der Waals surface area contributed by atoms with E-state index in [0.717, 1.165) is 24.8 Å². The maximum atomic E-state index is 12.8. The van der Waals surface area contributed by atoms with Crippen LogP contribution in [0.5, 0.6) is 0 Å². The molecule has 0 unspecified atom stereocenters. The van der Waals surface area contributed by atoms with Crippen molar-refractivity contribution in [1.29, 1.82) is 0 Å². The maximum Gasteiger partial charge on any atom is 0.309 e. The van der Waals surface area contributed by atoms with E-state index in [2.05, 4.69) is 0 Å². The molecule has 2 aliphatic heterocycles. The lowest BCUT2D eigenvalue weighted by molar-refractivity contribution is -0.170. The molecule has 1 aromatic carbocycles. The van der Waals surface area contributed by atoms with Gasteiger partial charge in [0.2, 0.25) is 0 Å². The molecule has 2 nitrogen and oxygen atoms in total. The number of esters is 1. The van der Waals surface area contributed by atoms with Crippen molar-refractivity contribution in [2.45, 2.75) is 31.3 Å². The minimum atomic E-state index is -0.221. The van der Waals surface area contributed by atoms with Crippen molar-refractivity contribution in [2.75, 3.05) is 0 Å². The lowest BCUT2D eigenvalue weighted by atomic mass is 9.74. The van der Waals surface area contributed by atoms with Crippen LogP contribution in [0, 0.1) is 11.7 Å². The summed E-state index contributed by atoms with van der Waals surface area (Å²) < 4.78 is 18.2. The quantitative estimate of drug-likeness (QED) is 0.680. The Morgan fingerprint density at radius 2 is 1.94 bits per heavy atom. The van der Waals surface area contributed by atoms with Crippen LogP contribution >= 0.6 is 0 Å². The standard InChI is InChI=1S/C13H13FO2/c14-10-4-1-8(2-5-10)11-7-9-3-6-12(11)16-13(9)15/h1-2,4-5,9,11-12H,3,6-7H2/t9-,11-,12+/m1/s1. The minimum absolute atomic E-state index is 0.00274. The molecule has 2 heterocycles. The number of ether oxygens (including phenoxy) is 1. The summed E-state index contributed by atoms with van der Waals surface area (Å²) in [6.45, 7) is 0. The largest absolute Gasteiger partial charge is 0.462 e.